The molecule has 3 heterocycles. The molecule has 2 aliphatic heterocycles. The number of aromatic nitrogens is 2. The molecule has 1 unspecified atom stereocenters. The molecule has 1 aromatic rings. The van der Waals surface area contributed by atoms with Crippen molar-refractivity contribution in [3.63, 3.8) is 0 Å². The number of nitrogens with zero attached hydrogens (tertiary/aromatic N) is 2. The van der Waals surface area contributed by atoms with Crippen LogP contribution < -0.4 is 10.5 Å². The molecule has 15 heavy (non-hydrogen) atoms. The molecule has 1 saturated heterocycles. The zero-order chi connectivity index (χ0) is 10.3. The quantitative estimate of drug-likeness (QED) is 0.609. The van der Waals surface area contributed by atoms with E-state index in [1.165, 1.54) is 12.1 Å². The maximum absolute atomic E-state index is 5.75. The number of anilines is 1. The van der Waals surface area contributed by atoms with Crippen LogP contribution in [-0.2, 0) is 4.74 Å². The van der Waals surface area contributed by atoms with Gasteiger partial charge in [-0.3, -0.25) is 4.72 Å². The van der Waals surface area contributed by atoms with Crippen LogP contribution in [0.3, 0.4) is 0 Å². The summed E-state index contributed by atoms with van der Waals surface area (Å²) < 4.78 is 12.3. The van der Waals surface area contributed by atoms with Crippen molar-refractivity contribution in [3.05, 3.63) is 11.5 Å². The molecule has 0 aliphatic carbocycles. The van der Waals surface area contributed by atoms with Crippen molar-refractivity contribution in [1.82, 2.24) is 9.97 Å². The number of hydrogen-bond acceptors (Lipinski definition) is 6. The molecule has 1 fully saturated rings. The Bertz CT molecular complexity index is 409. The summed E-state index contributed by atoms with van der Waals surface area (Å²) in [5, 5.41) is 0. The second-order valence-electron chi connectivity index (χ2n) is 3.58. The van der Waals surface area contributed by atoms with Crippen LogP contribution in [0.25, 0.3) is 0 Å². The van der Waals surface area contributed by atoms with Gasteiger partial charge in [-0.25, -0.2) is 4.98 Å². The lowest BCUT2D eigenvalue weighted by molar-refractivity contribution is 0.193. The van der Waals surface area contributed by atoms with Gasteiger partial charge in [0.2, 0.25) is 0 Å². The van der Waals surface area contributed by atoms with Crippen molar-refractivity contribution in [2.45, 2.75) is 12.3 Å². The fourth-order valence-electron chi connectivity index (χ4n) is 1.76. The van der Waals surface area contributed by atoms with Gasteiger partial charge in [0.25, 0.3) is 0 Å². The number of nitrogens with two attached hydrogens (primary N) is 1. The summed E-state index contributed by atoms with van der Waals surface area (Å²) >= 11 is 1.20. The molecule has 4 N–H and O–H groups in total. The summed E-state index contributed by atoms with van der Waals surface area (Å²) in [5.41, 5.74) is 6.53. The molecule has 0 saturated carbocycles. The number of H-pyrrole nitrogens is 1. The standard InChI is InChI=1S/C8H11N5OS/c9-6-5-8(13-15-12-6)11-7(10-5)4-1-2-14-3-4/h4,13H,1-3H2,(H2,9,12)(H,10,11). The molecule has 3 rings (SSSR count). The van der Waals surface area contributed by atoms with Crippen LogP contribution in [0.15, 0.2) is 4.40 Å². The molecule has 2 aliphatic rings. The third kappa shape index (κ3) is 1.47. The number of ether oxygens (including phenoxy) is 1. The minimum absolute atomic E-state index is 0.357. The predicted molar refractivity (Wildman–Crippen MR) is 58.7 cm³/mol. The summed E-state index contributed by atoms with van der Waals surface area (Å²) in [6.45, 7) is 1.54. The Kier molecular flexibility index (Phi) is 2.06. The number of rotatable bonds is 1. The first kappa shape index (κ1) is 9.05. The Morgan fingerprint density at radius 3 is 3.20 bits per heavy atom. The second kappa shape index (κ2) is 3.42. The van der Waals surface area contributed by atoms with Gasteiger partial charge in [-0.05, 0) is 6.42 Å². The fraction of sp³-hybridized carbons (Fsp3) is 0.500. The zero-order valence-electron chi connectivity index (χ0n) is 7.99. The zero-order valence-corrected chi connectivity index (χ0v) is 8.80. The average Bonchev–Trinajstić information content (AvgIpc) is 2.86. The molecular weight excluding hydrogens is 214 g/mol. The van der Waals surface area contributed by atoms with Crippen LogP contribution in [-0.4, -0.2) is 29.0 Å². The molecule has 0 radical (unpaired) electrons. The van der Waals surface area contributed by atoms with Crippen LogP contribution in [0.1, 0.15) is 23.9 Å². The van der Waals surface area contributed by atoms with E-state index < -0.39 is 0 Å². The van der Waals surface area contributed by atoms with Crippen LogP contribution in [0.2, 0.25) is 0 Å². The summed E-state index contributed by atoms with van der Waals surface area (Å²) in [6.07, 6.45) is 1.01. The number of hydrogen-bond donors (Lipinski definition) is 3. The van der Waals surface area contributed by atoms with Crippen LogP contribution in [0.5, 0.6) is 0 Å². The first-order chi connectivity index (χ1) is 7.34. The normalized spacial score (nSPS) is 24.5. The highest BCUT2D eigenvalue weighted by Crippen LogP contribution is 2.28. The number of imidazole rings is 1. The third-order valence-corrected chi connectivity index (χ3v) is 3.15. The Morgan fingerprint density at radius 2 is 2.47 bits per heavy atom. The molecular formula is C8H11N5OS. The topological polar surface area (TPSA) is 88.3 Å². The van der Waals surface area contributed by atoms with Gasteiger partial charge in [0.1, 0.15) is 11.5 Å². The number of nitrogens with one attached hydrogen (secondary N) is 2. The van der Waals surface area contributed by atoms with E-state index in [1.807, 2.05) is 0 Å². The van der Waals surface area contributed by atoms with Crippen LogP contribution in [0.4, 0.5) is 5.82 Å². The Hall–Kier alpha value is -1.21. The van der Waals surface area contributed by atoms with Crippen LogP contribution in [0, 0.1) is 0 Å². The summed E-state index contributed by atoms with van der Waals surface area (Å²) in [4.78, 5) is 7.66. The monoisotopic (exact) mass is 225 g/mol. The Balaban J connectivity index is 1.95. The van der Waals surface area contributed by atoms with Crippen molar-refractivity contribution >= 4 is 23.8 Å². The largest absolute Gasteiger partial charge is 0.381 e. The van der Waals surface area contributed by atoms with Gasteiger partial charge in [0.05, 0.1) is 18.7 Å². The molecule has 80 valence electrons. The lowest BCUT2D eigenvalue weighted by atomic mass is 10.1. The highest BCUT2D eigenvalue weighted by molar-refractivity contribution is 7.99. The maximum atomic E-state index is 5.75. The molecule has 6 nitrogen and oxygen atoms in total. The van der Waals surface area contributed by atoms with Gasteiger partial charge in [0, 0.05) is 12.5 Å². The fourth-order valence-corrected chi connectivity index (χ4v) is 2.22. The van der Waals surface area contributed by atoms with Gasteiger partial charge in [0.15, 0.2) is 11.7 Å². The molecule has 0 amide bonds. The number of amidine groups is 1. The molecule has 0 bridgehead atoms. The Labute approximate surface area is 91.0 Å². The van der Waals surface area contributed by atoms with E-state index in [-0.39, 0.29) is 0 Å². The van der Waals surface area contributed by atoms with E-state index in [0.29, 0.717) is 11.8 Å². The minimum atomic E-state index is 0.357. The minimum Gasteiger partial charge on any atom is -0.381 e. The van der Waals surface area contributed by atoms with Gasteiger partial charge < -0.3 is 15.5 Å². The van der Waals surface area contributed by atoms with E-state index >= 15 is 0 Å². The van der Waals surface area contributed by atoms with Gasteiger partial charge in [-0.15, -0.1) is 0 Å². The smallest absolute Gasteiger partial charge is 0.167 e. The molecule has 7 heteroatoms. The first-order valence-corrected chi connectivity index (χ1v) is 5.55. The van der Waals surface area contributed by atoms with Crippen molar-refractivity contribution in [2.75, 3.05) is 17.9 Å². The molecule has 0 spiro atoms. The van der Waals surface area contributed by atoms with Gasteiger partial charge in [-0.1, -0.05) is 0 Å². The average molecular weight is 225 g/mol. The maximum Gasteiger partial charge on any atom is 0.167 e. The van der Waals surface area contributed by atoms with Crippen molar-refractivity contribution in [3.8, 4) is 0 Å². The van der Waals surface area contributed by atoms with Crippen molar-refractivity contribution in [1.29, 1.82) is 0 Å². The van der Waals surface area contributed by atoms with Crippen molar-refractivity contribution < 1.29 is 4.74 Å². The first-order valence-electron chi connectivity index (χ1n) is 4.78. The van der Waals surface area contributed by atoms with E-state index in [9.17, 15) is 0 Å². The summed E-state index contributed by atoms with van der Waals surface area (Å²) in [7, 11) is 0. The van der Waals surface area contributed by atoms with E-state index in [4.69, 9.17) is 10.5 Å². The molecule has 1 atom stereocenters. The summed E-state index contributed by atoms with van der Waals surface area (Å²) in [5.74, 6) is 2.56. The number of fused-ring (bicyclic) bond motifs is 1. The number of aromatic amines is 1. The van der Waals surface area contributed by atoms with E-state index in [1.54, 1.807) is 0 Å². The lowest BCUT2D eigenvalue weighted by Crippen LogP contribution is -2.17. The molecule has 1 aromatic heterocycles. The van der Waals surface area contributed by atoms with Crippen LogP contribution >= 0.6 is 12.1 Å². The Morgan fingerprint density at radius 1 is 1.53 bits per heavy atom. The predicted octanol–water partition coefficient (Wildman–Crippen LogP) is 0.608. The van der Waals surface area contributed by atoms with Gasteiger partial charge in [-0.2, -0.15) is 4.40 Å². The lowest BCUT2D eigenvalue weighted by Gasteiger charge is -2.06. The van der Waals surface area contributed by atoms with E-state index in [0.717, 1.165) is 37.0 Å². The third-order valence-electron chi connectivity index (χ3n) is 2.58. The van der Waals surface area contributed by atoms with Crippen molar-refractivity contribution in [2.24, 2.45) is 10.1 Å². The highest BCUT2D eigenvalue weighted by Gasteiger charge is 2.25. The second-order valence-corrected chi connectivity index (χ2v) is 4.15. The SMILES string of the molecule is NC1=NSNc2nc(C3CCOC3)[nH]c21. The van der Waals surface area contributed by atoms with Gasteiger partial charge >= 0.3 is 0 Å². The highest BCUT2D eigenvalue weighted by atomic mass is 32.2. The van der Waals surface area contributed by atoms with E-state index in [2.05, 4.69) is 19.1 Å². The summed E-state index contributed by atoms with van der Waals surface area (Å²) in [6, 6.07) is 0. The molecule has 0 aromatic carbocycles.